The topological polar surface area (TPSA) is 62.3 Å². The molecule has 3 rings (SSSR count). The van der Waals surface area contributed by atoms with E-state index in [0.717, 1.165) is 31.6 Å². The summed E-state index contributed by atoms with van der Waals surface area (Å²) in [7, 11) is -3.61. The van der Waals surface area contributed by atoms with E-state index in [1.54, 1.807) is 19.3 Å². The van der Waals surface area contributed by atoms with Gasteiger partial charge in [0.05, 0.1) is 4.90 Å². The molecule has 1 aromatic heterocycles. The lowest BCUT2D eigenvalue weighted by atomic mass is 9.97. The highest BCUT2D eigenvalue weighted by atomic mass is 32.2. The summed E-state index contributed by atoms with van der Waals surface area (Å²) in [6, 6.07) is 7.70. The van der Waals surface area contributed by atoms with Crippen LogP contribution in [-0.2, 0) is 10.0 Å². The number of piperidine rings is 1. The molecule has 134 valence electrons. The molecule has 1 saturated heterocycles. The molecule has 5 nitrogen and oxygen atoms in total. The fourth-order valence-electron chi connectivity index (χ4n) is 3.17. The monoisotopic (exact) mass is 363 g/mol. The van der Waals surface area contributed by atoms with Crippen molar-refractivity contribution in [2.24, 2.45) is 5.92 Å². The van der Waals surface area contributed by atoms with Crippen LogP contribution in [0.5, 0.6) is 0 Å². The Kier molecular flexibility index (Phi) is 5.34. The first-order chi connectivity index (χ1) is 12.0. The summed E-state index contributed by atoms with van der Waals surface area (Å²) in [5, 5.41) is 0. The quantitative estimate of drug-likeness (QED) is 0.887. The Hall–Kier alpha value is -1.99. The maximum atomic E-state index is 13.2. The van der Waals surface area contributed by atoms with E-state index in [1.807, 2.05) is 12.1 Å². The Bertz CT molecular complexity index is 819. The van der Waals surface area contributed by atoms with Gasteiger partial charge >= 0.3 is 0 Å². The Balaban J connectivity index is 1.56. The second-order valence-electron chi connectivity index (χ2n) is 6.40. The summed E-state index contributed by atoms with van der Waals surface area (Å²) >= 11 is 0. The smallest absolute Gasteiger partial charge is 0.240 e. The van der Waals surface area contributed by atoms with Gasteiger partial charge in [-0.2, -0.15) is 0 Å². The molecule has 1 aliphatic heterocycles. The number of hydrogen-bond acceptors (Lipinski definition) is 4. The number of anilines is 1. The first-order valence-corrected chi connectivity index (χ1v) is 9.85. The van der Waals surface area contributed by atoms with Gasteiger partial charge in [0.2, 0.25) is 10.0 Å². The minimum Gasteiger partial charge on any atom is -0.371 e. The van der Waals surface area contributed by atoms with E-state index in [9.17, 15) is 12.8 Å². The lowest BCUT2D eigenvalue weighted by molar-refractivity contribution is 0.402. The van der Waals surface area contributed by atoms with Crippen molar-refractivity contribution >= 4 is 15.7 Å². The number of halogens is 1. The van der Waals surface area contributed by atoms with Gasteiger partial charge in [-0.3, -0.25) is 4.98 Å². The van der Waals surface area contributed by atoms with Crippen LogP contribution in [0.1, 0.15) is 18.4 Å². The number of aromatic nitrogens is 1. The average Bonchev–Trinajstić information content (AvgIpc) is 2.61. The van der Waals surface area contributed by atoms with Crippen molar-refractivity contribution in [3.05, 3.63) is 54.1 Å². The molecule has 2 aromatic rings. The number of benzene rings is 1. The van der Waals surface area contributed by atoms with Crippen LogP contribution < -0.4 is 9.62 Å². The number of aryl methyl sites for hydroxylation is 1. The number of hydrogen-bond donors (Lipinski definition) is 1. The molecule has 0 aliphatic carbocycles. The van der Waals surface area contributed by atoms with Gasteiger partial charge in [-0.15, -0.1) is 0 Å². The molecular formula is C18H22FN3O2S. The zero-order valence-electron chi connectivity index (χ0n) is 14.2. The summed E-state index contributed by atoms with van der Waals surface area (Å²) in [6.45, 7) is 3.80. The van der Waals surface area contributed by atoms with E-state index >= 15 is 0 Å². The van der Waals surface area contributed by atoms with Gasteiger partial charge in [0, 0.05) is 37.7 Å². The highest BCUT2D eigenvalue weighted by Crippen LogP contribution is 2.23. The molecule has 0 radical (unpaired) electrons. The van der Waals surface area contributed by atoms with E-state index in [0.29, 0.717) is 18.0 Å². The van der Waals surface area contributed by atoms with Crippen molar-refractivity contribution in [1.82, 2.24) is 9.71 Å². The molecule has 1 fully saturated rings. The van der Waals surface area contributed by atoms with Crippen LogP contribution in [0, 0.1) is 18.7 Å². The molecule has 0 saturated carbocycles. The van der Waals surface area contributed by atoms with Crippen LogP contribution in [0.25, 0.3) is 0 Å². The zero-order chi connectivity index (χ0) is 17.9. The SMILES string of the molecule is Cc1cc(F)ccc1S(=O)(=O)NCC1CCN(c2ccncc2)CC1. The van der Waals surface area contributed by atoms with Gasteiger partial charge in [0.15, 0.2) is 0 Å². The molecule has 0 bridgehead atoms. The fraction of sp³-hybridized carbons (Fsp3) is 0.389. The Morgan fingerprint density at radius 3 is 2.52 bits per heavy atom. The first kappa shape index (κ1) is 17.8. The van der Waals surface area contributed by atoms with Crippen molar-refractivity contribution in [3.63, 3.8) is 0 Å². The minimum absolute atomic E-state index is 0.142. The lowest BCUT2D eigenvalue weighted by Crippen LogP contribution is -2.38. The van der Waals surface area contributed by atoms with Gasteiger partial charge < -0.3 is 4.90 Å². The van der Waals surface area contributed by atoms with Crippen molar-refractivity contribution in [3.8, 4) is 0 Å². The third-order valence-corrected chi connectivity index (χ3v) is 6.21. The van der Waals surface area contributed by atoms with Crippen molar-refractivity contribution in [2.45, 2.75) is 24.7 Å². The predicted octanol–water partition coefficient (Wildman–Crippen LogP) is 2.72. The van der Waals surface area contributed by atoms with E-state index in [4.69, 9.17) is 0 Å². The zero-order valence-corrected chi connectivity index (χ0v) is 15.0. The molecule has 1 aliphatic rings. The van der Waals surface area contributed by atoms with E-state index in [-0.39, 0.29) is 4.90 Å². The minimum atomic E-state index is -3.61. The number of sulfonamides is 1. The van der Waals surface area contributed by atoms with Gasteiger partial charge in [0.25, 0.3) is 0 Å². The number of rotatable bonds is 5. The van der Waals surface area contributed by atoms with Crippen molar-refractivity contribution in [1.29, 1.82) is 0 Å². The summed E-state index contributed by atoms with van der Waals surface area (Å²) in [5.41, 5.74) is 1.57. The average molecular weight is 363 g/mol. The van der Waals surface area contributed by atoms with Crippen molar-refractivity contribution < 1.29 is 12.8 Å². The van der Waals surface area contributed by atoms with Crippen LogP contribution in [0.4, 0.5) is 10.1 Å². The fourth-order valence-corrected chi connectivity index (χ4v) is 4.51. The van der Waals surface area contributed by atoms with Crippen LogP contribution in [-0.4, -0.2) is 33.0 Å². The predicted molar refractivity (Wildman–Crippen MR) is 95.5 cm³/mol. The normalized spacial score (nSPS) is 16.2. The lowest BCUT2D eigenvalue weighted by Gasteiger charge is -2.33. The molecular weight excluding hydrogens is 341 g/mol. The van der Waals surface area contributed by atoms with Gasteiger partial charge in [-0.1, -0.05) is 0 Å². The maximum absolute atomic E-state index is 13.2. The standard InChI is InChI=1S/C18H22FN3O2S/c1-14-12-16(19)2-3-18(14)25(23,24)21-13-15-6-10-22(11-7-15)17-4-8-20-9-5-17/h2-5,8-9,12,15,21H,6-7,10-11,13H2,1H3. The van der Waals surface area contributed by atoms with Crippen LogP contribution >= 0.6 is 0 Å². The van der Waals surface area contributed by atoms with Crippen LogP contribution in [0.3, 0.4) is 0 Å². The molecule has 0 unspecified atom stereocenters. The Morgan fingerprint density at radius 2 is 1.88 bits per heavy atom. The van der Waals surface area contributed by atoms with Gasteiger partial charge in [-0.05, 0) is 61.6 Å². The Labute approximate surface area is 147 Å². The number of pyridine rings is 1. The van der Waals surface area contributed by atoms with Crippen LogP contribution in [0.2, 0.25) is 0 Å². The molecule has 2 heterocycles. The number of nitrogens with zero attached hydrogens (tertiary/aromatic N) is 2. The van der Waals surface area contributed by atoms with E-state index in [1.165, 1.54) is 18.2 Å². The third kappa shape index (κ3) is 4.35. The summed E-state index contributed by atoms with van der Waals surface area (Å²) in [4.78, 5) is 6.46. The Morgan fingerprint density at radius 1 is 1.20 bits per heavy atom. The number of nitrogens with one attached hydrogen (secondary N) is 1. The van der Waals surface area contributed by atoms with Gasteiger partial charge in [0.1, 0.15) is 5.82 Å². The summed E-state index contributed by atoms with van der Waals surface area (Å²) < 4.78 is 40.7. The first-order valence-electron chi connectivity index (χ1n) is 8.36. The molecule has 25 heavy (non-hydrogen) atoms. The highest BCUT2D eigenvalue weighted by Gasteiger charge is 2.23. The molecule has 0 amide bonds. The van der Waals surface area contributed by atoms with Gasteiger partial charge in [-0.25, -0.2) is 17.5 Å². The maximum Gasteiger partial charge on any atom is 0.240 e. The third-order valence-electron chi connectivity index (χ3n) is 4.63. The molecule has 7 heteroatoms. The van der Waals surface area contributed by atoms with E-state index < -0.39 is 15.8 Å². The molecule has 0 atom stereocenters. The van der Waals surface area contributed by atoms with Crippen molar-refractivity contribution in [2.75, 3.05) is 24.5 Å². The summed E-state index contributed by atoms with van der Waals surface area (Å²) in [5.74, 6) is -0.131. The highest BCUT2D eigenvalue weighted by molar-refractivity contribution is 7.89. The van der Waals surface area contributed by atoms with Crippen LogP contribution in [0.15, 0.2) is 47.6 Å². The molecule has 1 aromatic carbocycles. The molecule has 1 N–H and O–H groups in total. The second-order valence-corrected chi connectivity index (χ2v) is 8.13. The second kappa shape index (κ2) is 7.49. The largest absolute Gasteiger partial charge is 0.371 e. The summed E-state index contributed by atoms with van der Waals surface area (Å²) in [6.07, 6.45) is 5.40. The molecule has 0 spiro atoms. The van der Waals surface area contributed by atoms with E-state index in [2.05, 4.69) is 14.6 Å².